The van der Waals surface area contributed by atoms with E-state index in [0.717, 1.165) is 29.1 Å². The Morgan fingerprint density at radius 3 is 2.65 bits per heavy atom. The van der Waals surface area contributed by atoms with Gasteiger partial charge in [0.15, 0.2) is 0 Å². The van der Waals surface area contributed by atoms with Gasteiger partial charge < -0.3 is 5.73 Å². The molecule has 0 radical (unpaired) electrons. The summed E-state index contributed by atoms with van der Waals surface area (Å²) in [4.78, 5) is 4.18. The van der Waals surface area contributed by atoms with E-state index in [1.54, 1.807) is 6.20 Å². The van der Waals surface area contributed by atoms with Gasteiger partial charge in [0.1, 0.15) is 0 Å². The molecule has 0 spiro atoms. The number of aryl methyl sites for hydroxylation is 3. The molecule has 0 fully saturated rings. The maximum absolute atomic E-state index is 6.21. The number of hydrogen-bond donors (Lipinski definition) is 1. The van der Waals surface area contributed by atoms with Gasteiger partial charge in [-0.3, -0.25) is 9.67 Å². The Labute approximate surface area is 101 Å². The fraction of sp³-hybridized carbons (Fsp3) is 0.385. The molecule has 0 aliphatic rings. The van der Waals surface area contributed by atoms with Crippen LogP contribution in [0.5, 0.6) is 0 Å². The molecule has 0 amide bonds. The quantitative estimate of drug-likeness (QED) is 0.872. The maximum atomic E-state index is 6.21. The number of rotatable bonds is 3. The SMILES string of the molecule is Cc1cc(C(N)Cc2cc(C)nn2C)ccn1. The zero-order valence-corrected chi connectivity index (χ0v) is 10.5. The van der Waals surface area contributed by atoms with Crippen molar-refractivity contribution in [1.82, 2.24) is 14.8 Å². The summed E-state index contributed by atoms with van der Waals surface area (Å²) in [5.74, 6) is 0. The molecule has 1 unspecified atom stereocenters. The normalized spacial score (nSPS) is 12.7. The number of hydrogen-bond acceptors (Lipinski definition) is 3. The second kappa shape index (κ2) is 4.67. The number of aromatic nitrogens is 3. The summed E-state index contributed by atoms with van der Waals surface area (Å²) < 4.78 is 1.89. The monoisotopic (exact) mass is 230 g/mol. The summed E-state index contributed by atoms with van der Waals surface area (Å²) in [6, 6.07) is 6.08. The van der Waals surface area contributed by atoms with Crippen LogP contribution in [0.1, 0.15) is 28.7 Å². The Balaban J connectivity index is 2.16. The van der Waals surface area contributed by atoms with E-state index in [4.69, 9.17) is 5.73 Å². The molecule has 4 heteroatoms. The highest BCUT2D eigenvalue weighted by molar-refractivity contribution is 5.21. The van der Waals surface area contributed by atoms with Crippen molar-refractivity contribution in [3.8, 4) is 0 Å². The zero-order chi connectivity index (χ0) is 12.4. The summed E-state index contributed by atoms with van der Waals surface area (Å²) in [5, 5.41) is 4.32. The van der Waals surface area contributed by atoms with Crippen molar-refractivity contribution < 1.29 is 0 Å². The van der Waals surface area contributed by atoms with Gasteiger partial charge in [-0.25, -0.2) is 0 Å². The third-order valence-electron chi connectivity index (χ3n) is 2.88. The Hall–Kier alpha value is -1.68. The summed E-state index contributed by atoms with van der Waals surface area (Å²) in [5.41, 5.74) is 10.5. The predicted octanol–water partition coefficient (Wildman–Crippen LogP) is 1.67. The van der Waals surface area contributed by atoms with Crippen LogP contribution in [-0.4, -0.2) is 14.8 Å². The van der Waals surface area contributed by atoms with E-state index < -0.39 is 0 Å². The minimum atomic E-state index is -0.00787. The van der Waals surface area contributed by atoms with Gasteiger partial charge >= 0.3 is 0 Å². The molecule has 4 nitrogen and oxygen atoms in total. The van der Waals surface area contributed by atoms with Crippen molar-refractivity contribution in [1.29, 1.82) is 0 Å². The second-order valence-electron chi connectivity index (χ2n) is 4.44. The van der Waals surface area contributed by atoms with Gasteiger partial charge in [-0.2, -0.15) is 5.10 Å². The van der Waals surface area contributed by atoms with E-state index in [0.29, 0.717) is 0 Å². The summed E-state index contributed by atoms with van der Waals surface area (Å²) >= 11 is 0. The van der Waals surface area contributed by atoms with Crippen molar-refractivity contribution in [3.63, 3.8) is 0 Å². The molecule has 2 rings (SSSR count). The van der Waals surface area contributed by atoms with E-state index in [9.17, 15) is 0 Å². The Bertz CT molecular complexity index is 516. The topological polar surface area (TPSA) is 56.7 Å². The second-order valence-corrected chi connectivity index (χ2v) is 4.44. The Morgan fingerprint density at radius 1 is 1.29 bits per heavy atom. The highest BCUT2D eigenvalue weighted by atomic mass is 15.3. The average molecular weight is 230 g/mol. The van der Waals surface area contributed by atoms with Crippen LogP contribution >= 0.6 is 0 Å². The van der Waals surface area contributed by atoms with Crippen LogP contribution in [0.2, 0.25) is 0 Å². The molecule has 17 heavy (non-hydrogen) atoms. The van der Waals surface area contributed by atoms with Gasteiger partial charge in [-0.05, 0) is 37.6 Å². The molecule has 2 aromatic heterocycles. The Kier molecular flexibility index (Phi) is 3.24. The van der Waals surface area contributed by atoms with Crippen molar-refractivity contribution >= 4 is 0 Å². The number of nitrogens with two attached hydrogens (primary N) is 1. The molecule has 0 bridgehead atoms. The molecular formula is C13H18N4. The lowest BCUT2D eigenvalue weighted by atomic mass is 10.0. The number of nitrogens with zero attached hydrogens (tertiary/aromatic N) is 3. The molecule has 0 aliphatic carbocycles. The lowest BCUT2D eigenvalue weighted by molar-refractivity contribution is 0.639. The van der Waals surface area contributed by atoms with Gasteiger partial charge in [-0.1, -0.05) is 0 Å². The molecule has 0 saturated carbocycles. The lowest BCUT2D eigenvalue weighted by Gasteiger charge is -2.12. The summed E-state index contributed by atoms with van der Waals surface area (Å²) in [7, 11) is 1.95. The molecule has 0 aromatic carbocycles. The molecule has 1 atom stereocenters. The first-order chi connectivity index (χ1) is 8.06. The van der Waals surface area contributed by atoms with Crippen molar-refractivity contribution in [2.24, 2.45) is 12.8 Å². The average Bonchev–Trinajstić information content (AvgIpc) is 2.57. The Morgan fingerprint density at radius 2 is 2.06 bits per heavy atom. The molecular weight excluding hydrogens is 212 g/mol. The van der Waals surface area contributed by atoms with E-state index in [1.165, 1.54) is 0 Å². The fourth-order valence-corrected chi connectivity index (χ4v) is 2.00. The smallest absolute Gasteiger partial charge is 0.0596 e. The van der Waals surface area contributed by atoms with Crippen LogP contribution in [0.3, 0.4) is 0 Å². The standard InChI is InChI=1S/C13H18N4/c1-9-6-11(4-5-15-9)13(14)8-12-7-10(2)16-17(12)3/h4-7,13H,8,14H2,1-3H3. The van der Waals surface area contributed by atoms with Crippen LogP contribution in [-0.2, 0) is 13.5 Å². The van der Waals surface area contributed by atoms with E-state index >= 15 is 0 Å². The van der Waals surface area contributed by atoms with Crippen molar-refractivity contribution in [3.05, 3.63) is 47.0 Å². The van der Waals surface area contributed by atoms with Gasteiger partial charge in [-0.15, -0.1) is 0 Å². The highest BCUT2D eigenvalue weighted by Crippen LogP contribution is 2.16. The molecule has 2 aromatic rings. The lowest BCUT2D eigenvalue weighted by Crippen LogP contribution is -2.15. The fourth-order valence-electron chi connectivity index (χ4n) is 2.00. The highest BCUT2D eigenvalue weighted by Gasteiger charge is 2.10. The molecule has 2 N–H and O–H groups in total. The van der Waals surface area contributed by atoms with E-state index in [1.807, 2.05) is 37.7 Å². The molecule has 90 valence electrons. The van der Waals surface area contributed by atoms with Crippen LogP contribution in [0.4, 0.5) is 0 Å². The summed E-state index contributed by atoms with van der Waals surface area (Å²) in [6.07, 6.45) is 2.60. The molecule has 0 saturated heterocycles. The van der Waals surface area contributed by atoms with E-state index in [-0.39, 0.29) is 6.04 Å². The van der Waals surface area contributed by atoms with Crippen molar-refractivity contribution in [2.45, 2.75) is 26.3 Å². The zero-order valence-electron chi connectivity index (χ0n) is 10.5. The van der Waals surface area contributed by atoms with Gasteiger partial charge in [0.05, 0.1) is 5.69 Å². The minimum Gasteiger partial charge on any atom is -0.324 e. The molecule has 2 heterocycles. The van der Waals surface area contributed by atoms with Gasteiger partial charge in [0, 0.05) is 37.1 Å². The minimum absolute atomic E-state index is 0.00787. The van der Waals surface area contributed by atoms with Crippen LogP contribution in [0, 0.1) is 13.8 Å². The van der Waals surface area contributed by atoms with Crippen LogP contribution in [0.15, 0.2) is 24.4 Å². The summed E-state index contributed by atoms with van der Waals surface area (Å²) in [6.45, 7) is 3.97. The molecule has 0 aliphatic heterocycles. The van der Waals surface area contributed by atoms with Crippen molar-refractivity contribution in [2.75, 3.05) is 0 Å². The van der Waals surface area contributed by atoms with E-state index in [2.05, 4.69) is 16.1 Å². The first-order valence-electron chi connectivity index (χ1n) is 5.74. The first-order valence-corrected chi connectivity index (χ1v) is 5.74. The first kappa shape index (κ1) is 11.8. The van der Waals surface area contributed by atoms with Crippen LogP contribution in [0.25, 0.3) is 0 Å². The van der Waals surface area contributed by atoms with Gasteiger partial charge in [0.2, 0.25) is 0 Å². The predicted molar refractivity (Wildman–Crippen MR) is 67.6 cm³/mol. The van der Waals surface area contributed by atoms with Crippen LogP contribution < -0.4 is 5.73 Å². The number of pyridine rings is 1. The third kappa shape index (κ3) is 2.71. The largest absolute Gasteiger partial charge is 0.324 e. The maximum Gasteiger partial charge on any atom is 0.0596 e. The van der Waals surface area contributed by atoms with Gasteiger partial charge in [0.25, 0.3) is 0 Å². The third-order valence-corrected chi connectivity index (χ3v) is 2.88.